The van der Waals surface area contributed by atoms with E-state index in [9.17, 15) is 10.1 Å². The molecule has 0 saturated carbocycles. The highest BCUT2D eigenvalue weighted by Crippen LogP contribution is 2.28. The molecule has 0 amide bonds. The number of hydrogen-bond acceptors (Lipinski definition) is 5. The standard InChI is InChI=1S/C7H7N3O2S/c1-3-9(4-2)7-8-5-6(13-7)10(11)12/h3-5H,1-2H2. The van der Waals surface area contributed by atoms with Crippen LogP contribution in [-0.4, -0.2) is 9.91 Å². The Bertz CT molecular complexity index is 339. The Kier molecular flexibility index (Phi) is 2.76. The smallest absolute Gasteiger partial charge is 0.301 e. The minimum absolute atomic E-state index is 0.00343. The molecule has 6 heteroatoms. The summed E-state index contributed by atoms with van der Waals surface area (Å²) in [6.07, 6.45) is 4.17. The van der Waals surface area contributed by atoms with Gasteiger partial charge in [-0.3, -0.25) is 10.1 Å². The molecule has 0 saturated heterocycles. The number of thiazole rings is 1. The van der Waals surface area contributed by atoms with Crippen LogP contribution in [0.15, 0.2) is 31.8 Å². The number of nitro groups is 1. The molecule has 0 radical (unpaired) electrons. The van der Waals surface area contributed by atoms with Crippen molar-refractivity contribution in [3.05, 3.63) is 41.9 Å². The van der Waals surface area contributed by atoms with E-state index in [-0.39, 0.29) is 5.00 Å². The van der Waals surface area contributed by atoms with Gasteiger partial charge in [-0.2, -0.15) is 0 Å². The van der Waals surface area contributed by atoms with Gasteiger partial charge in [-0.15, -0.1) is 0 Å². The summed E-state index contributed by atoms with van der Waals surface area (Å²) in [6, 6.07) is 0. The lowest BCUT2D eigenvalue weighted by Gasteiger charge is -2.07. The summed E-state index contributed by atoms with van der Waals surface area (Å²) in [6.45, 7) is 7.03. The highest BCUT2D eigenvalue weighted by molar-refractivity contribution is 7.18. The van der Waals surface area contributed by atoms with E-state index in [1.54, 1.807) is 0 Å². The Morgan fingerprint density at radius 1 is 1.62 bits per heavy atom. The summed E-state index contributed by atoms with van der Waals surface area (Å²) in [7, 11) is 0. The maximum absolute atomic E-state index is 10.3. The van der Waals surface area contributed by atoms with Crippen molar-refractivity contribution in [2.75, 3.05) is 4.90 Å². The molecule has 5 nitrogen and oxygen atoms in total. The fraction of sp³-hybridized carbons (Fsp3) is 0. The van der Waals surface area contributed by atoms with Crippen LogP contribution < -0.4 is 4.90 Å². The molecule has 0 spiro atoms. The van der Waals surface area contributed by atoms with Gasteiger partial charge in [-0.25, -0.2) is 4.98 Å². The van der Waals surface area contributed by atoms with Crippen LogP contribution in [0.5, 0.6) is 0 Å². The van der Waals surface area contributed by atoms with E-state index < -0.39 is 4.92 Å². The first kappa shape index (κ1) is 9.40. The van der Waals surface area contributed by atoms with Crippen LogP contribution in [0.1, 0.15) is 0 Å². The third-order valence-electron chi connectivity index (χ3n) is 1.28. The number of anilines is 1. The summed E-state index contributed by atoms with van der Waals surface area (Å²) >= 11 is 0.971. The molecule has 0 atom stereocenters. The van der Waals surface area contributed by atoms with Crippen LogP contribution in [0.2, 0.25) is 0 Å². The SMILES string of the molecule is C=CN(C=C)c1ncc([N+](=O)[O-])s1. The van der Waals surface area contributed by atoms with Gasteiger partial charge in [-0.1, -0.05) is 13.2 Å². The first-order chi connectivity index (χ1) is 6.19. The maximum Gasteiger partial charge on any atom is 0.345 e. The molecule has 0 aliphatic rings. The Morgan fingerprint density at radius 3 is 2.62 bits per heavy atom. The van der Waals surface area contributed by atoms with Gasteiger partial charge in [0.1, 0.15) is 6.20 Å². The van der Waals surface area contributed by atoms with Gasteiger partial charge in [0.15, 0.2) is 5.13 Å². The molecule has 0 aromatic carbocycles. The number of hydrogen-bond donors (Lipinski definition) is 0. The van der Waals surface area contributed by atoms with Crippen LogP contribution in [-0.2, 0) is 0 Å². The highest BCUT2D eigenvalue weighted by atomic mass is 32.1. The summed E-state index contributed by atoms with van der Waals surface area (Å²) in [5, 5.41) is 10.8. The fourth-order valence-corrected chi connectivity index (χ4v) is 1.42. The van der Waals surface area contributed by atoms with Crippen molar-refractivity contribution >= 4 is 21.5 Å². The Labute approximate surface area is 78.8 Å². The van der Waals surface area contributed by atoms with E-state index in [0.717, 1.165) is 11.3 Å². The highest BCUT2D eigenvalue weighted by Gasteiger charge is 2.13. The second-order valence-electron chi connectivity index (χ2n) is 2.01. The second kappa shape index (κ2) is 3.81. The first-order valence-electron chi connectivity index (χ1n) is 3.32. The monoisotopic (exact) mass is 197 g/mol. The van der Waals surface area contributed by atoms with Crippen molar-refractivity contribution in [2.24, 2.45) is 0 Å². The van der Waals surface area contributed by atoms with Gasteiger partial charge >= 0.3 is 5.00 Å². The Morgan fingerprint density at radius 2 is 2.23 bits per heavy atom. The molecule has 1 rings (SSSR count). The van der Waals surface area contributed by atoms with Gasteiger partial charge in [0.05, 0.1) is 4.92 Å². The molecule has 0 bridgehead atoms. The molecule has 0 aliphatic carbocycles. The maximum atomic E-state index is 10.3. The van der Waals surface area contributed by atoms with E-state index in [0.29, 0.717) is 5.13 Å². The minimum atomic E-state index is -0.481. The van der Waals surface area contributed by atoms with Crippen LogP contribution in [0.3, 0.4) is 0 Å². The van der Waals surface area contributed by atoms with E-state index in [1.165, 1.54) is 23.5 Å². The molecular formula is C7H7N3O2S. The molecule has 1 aromatic heterocycles. The van der Waals surface area contributed by atoms with Gasteiger partial charge in [0.25, 0.3) is 0 Å². The van der Waals surface area contributed by atoms with Crippen molar-refractivity contribution in [1.29, 1.82) is 0 Å². The van der Waals surface area contributed by atoms with E-state index in [2.05, 4.69) is 18.1 Å². The molecule has 0 fully saturated rings. The lowest BCUT2D eigenvalue weighted by molar-refractivity contribution is -0.380. The van der Waals surface area contributed by atoms with Gasteiger partial charge in [-0.05, 0) is 11.3 Å². The molecular weight excluding hydrogens is 190 g/mol. The topological polar surface area (TPSA) is 59.3 Å². The lowest BCUT2D eigenvalue weighted by atomic mass is 10.7. The van der Waals surface area contributed by atoms with Crippen LogP contribution in [0.25, 0.3) is 0 Å². The predicted molar refractivity (Wildman–Crippen MR) is 51.6 cm³/mol. The molecule has 0 aliphatic heterocycles. The molecule has 13 heavy (non-hydrogen) atoms. The van der Waals surface area contributed by atoms with E-state index in [4.69, 9.17) is 0 Å². The van der Waals surface area contributed by atoms with Crippen LogP contribution in [0.4, 0.5) is 10.1 Å². The summed E-state index contributed by atoms with van der Waals surface area (Å²) in [4.78, 5) is 15.2. The number of aromatic nitrogens is 1. The lowest BCUT2D eigenvalue weighted by Crippen LogP contribution is -2.03. The van der Waals surface area contributed by atoms with Crippen molar-refractivity contribution in [2.45, 2.75) is 0 Å². The molecule has 68 valence electrons. The third kappa shape index (κ3) is 1.91. The Balaban J connectivity index is 2.96. The summed E-state index contributed by atoms with van der Waals surface area (Å²) < 4.78 is 0. The third-order valence-corrected chi connectivity index (χ3v) is 2.24. The number of nitrogens with zero attached hydrogens (tertiary/aromatic N) is 3. The Hall–Kier alpha value is -1.69. The molecule has 0 unspecified atom stereocenters. The van der Waals surface area contributed by atoms with Crippen molar-refractivity contribution in [3.63, 3.8) is 0 Å². The molecule has 0 N–H and O–H groups in total. The number of rotatable bonds is 4. The van der Waals surface area contributed by atoms with Crippen molar-refractivity contribution < 1.29 is 4.92 Å². The predicted octanol–water partition coefficient (Wildman–Crippen LogP) is 2.14. The second-order valence-corrected chi connectivity index (χ2v) is 3.00. The molecule has 1 aromatic rings. The largest absolute Gasteiger partial charge is 0.345 e. The quantitative estimate of drug-likeness (QED) is 0.548. The first-order valence-corrected chi connectivity index (χ1v) is 4.14. The minimum Gasteiger partial charge on any atom is -0.301 e. The zero-order valence-corrected chi connectivity index (χ0v) is 7.53. The van der Waals surface area contributed by atoms with Crippen LogP contribution in [0, 0.1) is 10.1 Å². The molecule has 1 heterocycles. The van der Waals surface area contributed by atoms with Crippen LogP contribution >= 0.6 is 11.3 Å². The van der Waals surface area contributed by atoms with Gasteiger partial charge in [0, 0.05) is 12.4 Å². The summed E-state index contributed by atoms with van der Waals surface area (Å²) in [5.41, 5.74) is 0. The average Bonchev–Trinajstić information content (AvgIpc) is 2.56. The summed E-state index contributed by atoms with van der Waals surface area (Å²) in [5.74, 6) is 0. The average molecular weight is 197 g/mol. The normalized spacial score (nSPS) is 9.23. The van der Waals surface area contributed by atoms with E-state index in [1.807, 2.05) is 0 Å². The van der Waals surface area contributed by atoms with Gasteiger partial charge < -0.3 is 4.90 Å². The van der Waals surface area contributed by atoms with Gasteiger partial charge in [0.2, 0.25) is 0 Å². The van der Waals surface area contributed by atoms with Crippen molar-refractivity contribution in [1.82, 2.24) is 4.98 Å². The van der Waals surface area contributed by atoms with E-state index >= 15 is 0 Å². The fourth-order valence-electron chi connectivity index (χ4n) is 0.691. The van der Waals surface area contributed by atoms with Crippen molar-refractivity contribution in [3.8, 4) is 0 Å². The zero-order valence-electron chi connectivity index (χ0n) is 6.71. The zero-order chi connectivity index (χ0) is 9.84.